The third-order valence-corrected chi connectivity index (χ3v) is 9.24. The number of halogens is 1. The molecule has 2 saturated heterocycles. The maximum absolute atomic E-state index is 15.4. The van der Waals surface area contributed by atoms with Crippen molar-refractivity contribution in [2.24, 2.45) is 5.92 Å². The molecular weight excluding hydrogens is 585 g/mol. The molecule has 0 spiro atoms. The molecule has 10 nitrogen and oxygen atoms in total. The molecule has 0 saturated carbocycles. The Hall–Kier alpha value is -4.61. The summed E-state index contributed by atoms with van der Waals surface area (Å²) in [5.74, 6) is -0.360. The summed E-state index contributed by atoms with van der Waals surface area (Å²) < 4.78 is 22.4. The fourth-order valence-electron chi connectivity index (χ4n) is 7.01. The molecule has 238 valence electrons. The number of carbonyl (C=O) groups is 1. The summed E-state index contributed by atoms with van der Waals surface area (Å²) in [5, 5.41) is 10.1. The van der Waals surface area contributed by atoms with Crippen LogP contribution in [0.2, 0.25) is 0 Å². The number of ether oxygens (including phenoxy) is 1. The van der Waals surface area contributed by atoms with Crippen LogP contribution in [0.5, 0.6) is 0 Å². The molecule has 1 unspecified atom stereocenters. The molecule has 7 rings (SSSR count). The van der Waals surface area contributed by atoms with Gasteiger partial charge in [0.15, 0.2) is 0 Å². The Morgan fingerprint density at radius 3 is 2.59 bits per heavy atom. The third kappa shape index (κ3) is 5.76. The van der Waals surface area contributed by atoms with Crippen LogP contribution in [0.4, 0.5) is 27.4 Å². The summed E-state index contributed by atoms with van der Waals surface area (Å²) in [6, 6.07) is 14.0. The number of carbonyl (C=O) groups excluding carboxylic acids is 1. The van der Waals surface area contributed by atoms with E-state index in [1.54, 1.807) is 24.4 Å². The van der Waals surface area contributed by atoms with E-state index in [4.69, 9.17) is 9.72 Å². The average Bonchev–Trinajstić information content (AvgIpc) is 3.04. The number of piperazine rings is 1. The van der Waals surface area contributed by atoms with Gasteiger partial charge in [0.1, 0.15) is 17.5 Å². The molecule has 46 heavy (non-hydrogen) atoms. The minimum atomic E-state index is -0.837. The Morgan fingerprint density at radius 1 is 1.07 bits per heavy atom. The standard InChI is InChI=1S/C35H38FN7O3/c1-20-18-42(19-21(2)38-20)30-9-8-26(16-28(30)36)39-35-37-17-25-14-27(22(3)23-10-12-46-13-11-23)34(45)43(32(25)41-35)31-15-24-6-4-5-7-29(24)40-33(31)44/h4-9,14,16-17,20-21,23,31,38H,3,10-13,15,18-19H2,1-2H3,(H,40,44)(H,37,39,41)/t20-,21+,31?. The second kappa shape index (κ2) is 12.3. The van der Waals surface area contributed by atoms with Crippen molar-refractivity contribution in [3.63, 3.8) is 0 Å². The second-order valence-electron chi connectivity index (χ2n) is 12.6. The lowest BCUT2D eigenvalue weighted by Crippen LogP contribution is -2.54. The summed E-state index contributed by atoms with van der Waals surface area (Å²) in [4.78, 5) is 39.2. The van der Waals surface area contributed by atoms with E-state index >= 15 is 4.39 Å². The first-order valence-electron chi connectivity index (χ1n) is 15.9. The van der Waals surface area contributed by atoms with E-state index in [9.17, 15) is 9.59 Å². The Kier molecular flexibility index (Phi) is 8.04. The number of benzene rings is 2. The van der Waals surface area contributed by atoms with Crippen LogP contribution in [-0.2, 0) is 16.0 Å². The number of pyridine rings is 1. The summed E-state index contributed by atoms with van der Waals surface area (Å²) in [7, 11) is 0. The third-order valence-electron chi connectivity index (χ3n) is 9.24. The van der Waals surface area contributed by atoms with Crippen molar-refractivity contribution in [1.82, 2.24) is 19.9 Å². The van der Waals surface area contributed by atoms with E-state index in [0.717, 1.165) is 29.7 Å². The number of nitrogens with one attached hydrogen (secondary N) is 3. The summed E-state index contributed by atoms with van der Waals surface area (Å²) >= 11 is 0. The number of amides is 1. The van der Waals surface area contributed by atoms with Crippen LogP contribution in [0.15, 0.2) is 66.1 Å². The maximum Gasteiger partial charge on any atom is 0.260 e. The number of allylic oxidation sites excluding steroid dienone is 1. The van der Waals surface area contributed by atoms with E-state index in [0.29, 0.717) is 60.7 Å². The van der Waals surface area contributed by atoms with Crippen LogP contribution < -0.4 is 26.4 Å². The SMILES string of the molecule is C=C(c1cc2cnc(Nc3ccc(N4C[C@@H](C)N[C@@H](C)C4)c(F)c3)nc2n(C2Cc3ccccc3NC2=O)c1=O)C1CCOCC1. The highest BCUT2D eigenvalue weighted by Crippen LogP contribution is 2.33. The molecule has 2 aromatic heterocycles. The van der Waals surface area contributed by atoms with Crippen molar-refractivity contribution < 1.29 is 13.9 Å². The molecular formula is C35H38FN7O3. The van der Waals surface area contributed by atoms with Gasteiger partial charge in [-0.05, 0) is 74.1 Å². The highest BCUT2D eigenvalue weighted by atomic mass is 19.1. The fraction of sp³-hybridized carbons (Fsp3) is 0.371. The lowest BCUT2D eigenvalue weighted by molar-refractivity contribution is -0.119. The monoisotopic (exact) mass is 623 g/mol. The van der Waals surface area contributed by atoms with Gasteiger partial charge >= 0.3 is 0 Å². The van der Waals surface area contributed by atoms with Crippen LogP contribution in [0.3, 0.4) is 0 Å². The lowest BCUT2D eigenvalue weighted by Gasteiger charge is -2.37. The first kappa shape index (κ1) is 30.1. The van der Waals surface area contributed by atoms with Crippen molar-refractivity contribution in [2.45, 2.75) is 51.2 Å². The molecule has 4 aromatic rings. The largest absolute Gasteiger partial charge is 0.381 e. The predicted octanol–water partition coefficient (Wildman–Crippen LogP) is 5.04. The molecule has 3 aliphatic rings. The highest BCUT2D eigenvalue weighted by molar-refractivity contribution is 5.98. The molecule has 3 N–H and O–H groups in total. The van der Waals surface area contributed by atoms with Gasteiger partial charge < -0.3 is 25.6 Å². The minimum Gasteiger partial charge on any atom is -0.381 e. The van der Waals surface area contributed by atoms with Crippen LogP contribution in [0.25, 0.3) is 16.6 Å². The maximum atomic E-state index is 15.4. The first-order chi connectivity index (χ1) is 22.2. The van der Waals surface area contributed by atoms with Crippen molar-refractivity contribution in [2.75, 3.05) is 41.8 Å². The van der Waals surface area contributed by atoms with Gasteiger partial charge in [-0.3, -0.25) is 14.2 Å². The van der Waals surface area contributed by atoms with E-state index < -0.39 is 6.04 Å². The molecule has 3 aliphatic heterocycles. The Labute approximate surface area is 266 Å². The molecule has 11 heteroatoms. The van der Waals surface area contributed by atoms with Gasteiger partial charge in [0, 0.05) is 73.3 Å². The van der Waals surface area contributed by atoms with Gasteiger partial charge in [-0.15, -0.1) is 0 Å². The van der Waals surface area contributed by atoms with Crippen LogP contribution in [-0.4, -0.2) is 58.8 Å². The number of aromatic nitrogens is 3. The number of fused-ring (bicyclic) bond motifs is 2. The zero-order valence-corrected chi connectivity index (χ0v) is 26.1. The van der Waals surface area contributed by atoms with E-state index in [1.807, 2.05) is 24.3 Å². The van der Waals surface area contributed by atoms with Crippen molar-refractivity contribution in [1.29, 1.82) is 0 Å². The number of hydrogen-bond donors (Lipinski definition) is 3. The number of anilines is 4. The van der Waals surface area contributed by atoms with E-state index in [2.05, 4.69) is 46.3 Å². The lowest BCUT2D eigenvalue weighted by atomic mass is 9.88. The topological polar surface area (TPSA) is 113 Å². The molecule has 5 heterocycles. The normalized spacial score (nSPS) is 21.9. The van der Waals surface area contributed by atoms with Gasteiger partial charge in [-0.1, -0.05) is 24.8 Å². The van der Waals surface area contributed by atoms with E-state index in [-0.39, 0.29) is 41.2 Å². The molecule has 0 bridgehead atoms. The quantitative estimate of drug-likeness (QED) is 0.274. The van der Waals surface area contributed by atoms with Crippen LogP contribution >= 0.6 is 0 Å². The van der Waals surface area contributed by atoms with Crippen molar-refractivity contribution in [3.05, 3.63) is 88.6 Å². The zero-order valence-electron chi connectivity index (χ0n) is 26.1. The number of hydrogen-bond acceptors (Lipinski definition) is 8. The van der Waals surface area contributed by atoms with Crippen molar-refractivity contribution in [3.8, 4) is 0 Å². The molecule has 0 radical (unpaired) electrons. The predicted molar refractivity (Wildman–Crippen MR) is 178 cm³/mol. The van der Waals surface area contributed by atoms with Gasteiger partial charge in [-0.25, -0.2) is 9.37 Å². The summed E-state index contributed by atoms with van der Waals surface area (Å²) in [6.07, 6.45) is 3.50. The van der Waals surface area contributed by atoms with Gasteiger partial charge in [0.2, 0.25) is 11.9 Å². The minimum absolute atomic E-state index is 0.0978. The highest BCUT2D eigenvalue weighted by Gasteiger charge is 2.32. The van der Waals surface area contributed by atoms with E-state index in [1.165, 1.54) is 10.6 Å². The number of nitrogens with zero attached hydrogens (tertiary/aromatic N) is 4. The zero-order chi connectivity index (χ0) is 31.9. The average molecular weight is 624 g/mol. The molecule has 2 fully saturated rings. The fourth-order valence-corrected chi connectivity index (χ4v) is 7.01. The molecule has 1 amide bonds. The number of rotatable bonds is 6. The number of para-hydroxylation sites is 1. The van der Waals surface area contributed by atoms with Gasteiger partial charge in [0.25, 0.3) is 5.56 Å². The van der Waals surface area contributed by atoms with Crippen LogP contribution in [0, 0.1) is 11.7 Å². The smallest absolute Gasteiger partial charge is 0.260 e. The molecule has 0 aliphatic carbocycles. The molecule has 2 aromatic carbocycles. The van der Waals surface area contributed by atoms with Gasteiger partial charge in [0.05, 0.1) is 5.69 Å². The van der Waals surface area contributed by atoms with Gasteiger partial charge in [-0.2, -0.15) is 4.98 Å². The summed E-state index contributed by atoms with van der Waals surface area (Å²) in [6.45, 7) is 11.1. The Morgan fingerprint density at radius 2 is 1.83 bits per heavy atom. The Balaban J connectivity index is 1.27. The Bertz CT molecular complexity index is 1880. The van der Waals surface area contributed by atoms with Crippen LogP contribution in [0.1, 0.15) is 43.9 Å². The molecule has 3 atom stereocenters. The second-order valence-corrected chi connectivity index (χ2v) is 12.6. The summed E-state index contributed by atoms with van der Waals surface area (Å²) in [5.41, 5.74) is 3.83. The van der Waals surface area contributed by atoms with Crippen molar-refractivity contribution >= 4 is 45.5 Å². The first-order valence-corrected chi connectivity index (χ1v) is 15.9.